The molecular formula is C24H19ClN4O2. The lowest BCUT2D eigenvalue weighted by molar-refractivity contribution is 0.415. The number of para-hydroxylation sites is 1. The molecule has 0 bridgehead atoms. The zero-order valence-electron chi connectivity index (χ0n) is 16.8. The molecule has 0 saturated heterocycles. The standard InChI is InChI=1S/C24H19ClN4O2/c1-30-20-13-9-16(10-14-20)21-15-22(29(27-21)19-5-3-2-4-6-19)23-26-24(31-28-23)17-7-11-18(25)12-8-17/h2-14,22H,15H2,1H3. The van der Waals surface area contributed by atoms with Crippen molar-refractivity contribution in [3.05, 3.63) is 95.3 Å². The van der Waals surface area contributed by atoms with Crippen molar-refractivity contribution in [1.29, 1.82) is 0 Å². The number of hydrogen-bond donors (Lipinski definition) is 0. The van der Waals surface area contributed by atoms with Gasteiger partial charge in [-0.15, -0.1) is 0 Å². The van der Waals surface area contributed by atoms with E-state index in [4.69, 9.17) is 26.0 Å². The van der Waals surface area contributed by atoms with Gasteiger partial charge in [0, 0.05) is 17.0 Å². The molecule has 154 valence electrons. The number of halogens is 1. The zero-order chi connectivity index (χ0) is 21.2. The van der Waals surface area contributed by atoms with Crippen molar-refractivity contribution in [2.24, 2.45) is 5.10 Å². The van der Waals surface area contributed by atoms with Gasteiger partial charge in [0.25, 0.3) is 5.89 Å². The summed E-state index contributed by atoms with van der Waals surface area (Å²) in [5.41, 5.74) is 3.78. The fraction of sp³-hybridized carbons (Fsp3) is 0.125. The first-order valence-corrected chi connectivity index (χ1v) is 10.2. The van der Waals surface area contributed by atoms with E-state index in [-0.39, 0.29) is 6.04 Å². The molecule has 1 aromatic heterocycles. The number of aromatic nitrogens is 2. The SMILES string of the molecule is COc1ccc(C2=NN(c3ccccc3)C(c3noc(-c4ccc(Cl)cc4)n3)C2)cc1. The van der Waals surface area contributed by atoms with Crippen LogP contribution in [0.25, 0.3) is 11.5 Å². The van der Waals surface area contributed by atoms with E-state index in [0.29, 0.717) is 23.2 Å². The maximum atomic E-state index is 5.99. The summed E-state index contributed by atoms with van der Waals surface area (Å²) in [5, 5.41) is 11.8. The molecule has 0 aliphatic carbocycles. The van der Waals surface area contributed by atoms with Gasteiger partial charge in [-0.1, -0.05) is 35.0 Å². The van der Waals surface area contributed by atoms with Crippen molar-refractivity contribution in [3.8, 4) is 17.2 Å². The average molecular weight is 431 g/mol. The van der Waals surface area contributed by atoms with Crippen LogP contribution in [0.15, 0.2) is 88.5 Å². The minimum Gasteiger partial charge on any atom is -0.497 e. The monoisotopic (exact) mass is 430 g/mol. The molecule has 7 heteroatoms. The number of anilines is 1. The molecule has 3 aromatic carbocycles. The van der Waals surface area contributed by atoms with E-state index in [1.54, 1.807) is 19.2 Å². The van der Waals surface area contributed by atoms with Crippen molar-refractivity contribution < 1.29 is 9.26 Å². The van der Waals surface area contributed by atoms with Crippen LogP contribution in [0.3, 0.4) is 0 Å². The Balaban J connectivity index is 1.49. The molecule has 1 aliphatic heterocycles. The third kappa shape index (κ3) is 3.90. The number of ether oxygens (including phenoxy) is 1. The first kappa shape index (κ1) is 19.3. The Hall–Kier alpha value is -3.64. The highest BCUT2D eigenvalue weighted by atomic mass is 35.5. The van der Waals surface area contributed by atoms with Crippen molar-refractivity contribution in [2.75, 3.05) is 12.1 Å². The molecule has 2 heterocycles. The summed E-state index contributed by atoms with van der Waals surface area (Å²) < 4.78 is 10.8. The third-order valence-electron chi connectivity index (χ3n) is 5.19. The zero-order valence-corrected chi connectivity index (χ0v) is 17.5. The predicted molar refractivity (Wildman–Crippen MR) is 121 cm³/mol. The first-order valence-electron chi connectivity index (χ1n) is 9.87. The number of hydrogen-bond acceptors (Lipinski definition) is 6. The summed E-state index contributed by atoms with van der Waals surface area (Å²) in [7, 11) is 1.66. The summed E-state index contributed by atoms with van der Waals surface area (Å²) in [6, 6.07) is 25.1. The molecule has 0 saturated carbocycles. The molecule has 0 fully saturated rings. The van der Waals surface area contributed by atoms with Gasteiger partial charge in [-0.3, -0.25) is 5.01 Å². The van der Waals surface area contributed by atoms with Gasteiger partial charge in [0.1, 0.15) is 11.8 Å². The van der Waals surface area contributed by atoms with Crippen LogP contribution in [0.4, 0.5) is 5.69 Å². The van der Waals surface area contributed by atoms with E-state index in [2.05, 4.69) is 10.1 Å². The lowest BCUT2D eigenvalue weighted by Gasteiger charge is -2.20. The van der Waals surface area contributed by atoms with Crippen LogP contribution in [0, 0.1) is 0 Å². The Morgan fingerprint density at radius 3 is 2.35 bits per heavy atom. The number of methoxy groups -OCH3 is 1. The Labute approximate surface area is 184 Å². The Kier molecular flexibility index (Phi) is 5.14. The summed E-state index contributed by atoms with van der Waals surface area (Å²) in [4.78, 5) is 4.67. The van der Waals surface area contributed by atoms with E-state index < -0.39 is 0 Å². The van der Waals surface area contributed by atoms with Crippen LogP contribution in [0.5, 0.6) is 5.75 Å². The molecular weight excluding hydrogens is 412 g/mol. The van der Waals surface area contributed by atoms with Crippen LogP contribution in [-0.4, -0.2) is 23.0 Å². The average Bonchev–Trinajstić information content (AvgIpc) is 3.48. The number of nitrogens with zero attached hydrogens (tertiary/aromatic N) is 4. The van der Waals surface area contributed by atoms with Gasteiger partial charge in [-0.05, 0) is 66.2 Å². The molecule has 1 aliphatic rings. The second-order valence-electron chi connectivity index (χ2n) is 7.14. The topological polar surface area (TPSA) is 63.8 Å². The van der Waals surface area contributed by atoms with Gasteiger partial charge in [-0.2, -0.15) is 10.1 Å². The largest absolute Gasteiger partial charge is 0.497 e. The Morgan fingerprint density at radius 2 is 1.65 bits per heavy atom. The van der Waals surface area contributed by atoms with Gasteiger partial charge in [0.15, 0.2) is 5.82 Å². The quantitative estimate of drug-likeness (QED) is 0.403. The highest BCUT2D eigenvalue weighted by Gasteiger charge is 2.33. The fourth-order valence-electron chi connectivity index (χ4n) is 3.57. The minimum atomic E-state index is -0.177. The molecule has 0 N–H and O–H groups in total. The second-order valence-corrected chi connectivity index (χ2v) is 7.58. The van der Waals surface area contributed by atoms with Crippen LogP contribution in [0.2, 0.25) is 5.02 Å². The second kappa shape index (κ2) is 8.24. The molecule has 0 radical (unpaired) electrons. The predicted octanol–water partition coefficient (Wildman–Crippen LogP) is 5.75. The summed E-state index contributed by atoms with van der Waals surface area (Å²) in [6.07, 6.45) is 0.654. The van der Waals surface area contributed by atoms with Crippen LogP contribution in [0.1, 0.15) is 23.9 Å². The van der Waals surface area contributed by atoms with Gasteiger partial charge < -0.3 is 9.26 Å². The number of hydrazone groups is 1. The van der Waals surface area contributed by atoms with Crippen molar-refractivity contribution >= 4 is 23.0 Å². The van der Waals surface area contributed by atoms with Crippen molar-refractivity contribution in [3.63, 3.8) is 0 Å². The lowest BCUT2D eigenvalue weighted by atomic mass is 10.0. The van der Waals surface area contributed by atoms with E-state index in [1.165, 1.54) is 0 Å². The highest BCUT2D eigenvalue weighted by Crippen LogP contribution is 2.36. The van der Waals surface area contributed by atoms with Crippen LogP contribution in [-0.2, 0) is 0 Å². The normalized spacial score (nSPS) is 15.7. The molecule has 1 unspecified atom stereocenters. The van der Waals surface area contributed by atoms with Gasteiger partial charge in [-0.25, -0.2) is 0 Å². The van der Waals surface area contributed by atoms with E-state index >= 15 is 0 Å². The summed E-state index contributed by atoms with van der Waals surface area (Å²) in [5.74, 6) is 1.85. The van der Waals surface area contributed by atoms with Gasteiger partial charge >= 0.3 is 0 Å². The molecule has 31 heavy (non-hydrogen) atoms. The summed E-state index contributed by atoms with van der Waals surface area (Å²) in [6.45, 7) is 0. The van der Waals surface area contributed by atoms with Crippen LogP contribution < -0.4 is 9.75 Å². The molecule has 0 spiro atoms. The molecule has 1 atom stereocenters. The molecule has 5 rings (SSSR count). The Morgan fingerprint density at radius 1 is 0.935 bits per heavy atom. The van der Waals surface area contributed by atoms with Gasteiger partial charge in [0.05, 0.1) is 18.5 Å². The number of rotatable bonds is 5. The molecule has 4 aromatic rings. The van der Waals surface area contributed by atoms with Crippen LogP contribution >= 0.6 is 11.6 Å². The van der Waals surface area contributed by atoms with Crippen molar-refractivity contribution in [1.82, 2.24) is 10.1 Å². The maximum absolute atomic E-state index is 5.99. The first-order chi connectivity index (χ1) is 15.2. The fourth-order valence-corrected chi connectivity index (χ4v) is 3.69. The van der Waals surface area contributed by atoms with Gasteiger partial charge in [0.2, 0.25) is 0 Å². The van der Waals surface area contributed by atoms with E-state index in [0.717, 1.165) is 28.3 Å². The van der Waals surface area contributed by atoms with E-state index in [1.807, 2.05) is 71.7 Å². The minimum absolute atomic E-state index is 0.177. The highest BCUT2D eigenvalue weighted by molar-refractivity contribution is 6.30. The van der Waals surface area contributed by atoms with E-state index in [9.17, 15) is 0 Å². The molecule has 0 amide bonds. The smallest absolute Gasteiger partial charge is 0.258 e. The van der Waals surface area contributed by atoms with Crippen molar-refractivity contribution in [2.45, 2.75) is 12.5 Å². The lowest BCUT2D eigenvalue weighted by Crippen LogP contribution is -2.19. The maximum Gasteiger partial charge on any atom is 0.258 e. The number of benzene rings is 3. The third-order valence-corrected chi connectivity index (χ3v) is 5.44. The Bertz CT molecular complexity index is 1200. The summed E-state index contributed by atoms with van der Waals surface area (Å²) >= 11 is 5.99. The molecule has 6 nitrogen and oxygen atoms in total.